The van der Waals surface area contributed by atoms with Gasteiger partial charge < -0.3 is 11.1 Å². The van der Waals surface area contributed by atoms with Crippen LogP contribution in [-0.2, 0) is 19.6 Å². The predicted molar refractivity (Wildman–Crippen MR) is 67.0 cm³/mol. The van der Waals surface area contributed by atoms with Gasteiger partial charge in [0.1, 0.15) is 0 Å². The highest BCUT2D eigenvalue weighted by Crippen LogP contribution is 2.06. The van der Waals surface area contributed by atoms with Crippen molar-refractivity contribution in [3.05, 3.63) is 52.0 Å². The molecule has 0 spiro atoms. The number of aromatic nitrogens is 1. The third-order valence-corrected chi connectivity index (χ3v) is 3.15. The molecule has 4 heteroatoms. The standard InChI is InChI=1S/C12H15N3S/c13-5-10-1-3-11(4-2-10)6-14-7-12-8-15-9-16-12/h1-4,8-9,14H,5-7,13H2. The van der Waals surface area contributed by atoms with E-state index in [2.05, 4.69) is 34.6 Å². The summed E-state index contributed by atoms with van der Waals surface area (Å²) < 4.78 is 0. The van der Waals surface area contributed by atoms with E-state index in [9.17, 15) is 0 Å². The largest absolute Gasteiger partial charge is 0.326 e. The van der Waals surface area contributed by atoms with Crippen molar-refractivity contribution < 1.29 is 0 Å². The highest BCUT2D eigenvalue weighted by atomic mass is 32.1. The van der Waals surface area contributed by atoms with Gasteiger partial charge in [0, 0.05) is 30.7 Å². The Balaban J connectivity index is 1.81. The number of nitrogens with zero attached hydrogens (tertiary/aromatic N) is 1. The second-order valence-electron chi connectivity index (χ2n) is 3.59. The lowest BCUT2D eigenvalue weighted by molar-refractivity contribution is 0.699. The highest BCUT2D eigenvalue weighted by Gasteiger charge is 1.95. The maximum absolute atomic E-state index is 5.54. The fraction of sp³-hybridized carbons (Fsp3) is 0.250. The zero-order chi connectivity index (χ0) is 11.2. The quantitative estimate of drug-likeness (QED) is 0.829. The van der Waals surface area contributed by atoms with Gasteiger partial charge in [0.15, 0.2) is 0 Å². The molecule has 1 heterocycles. The Morgan fingerprint density at radius 3 is 2.50 bits per heavy atom. The summed E-state index contributed by atoms with van der Waals surface area (Å²) in [4.78, 5) is 5.30. The average Bonchev–Trinajstić information content (AvgIpc) is 2.83. The van der Waals surface area contributed by atoms with Gasteiger partial charge in [-0.3, -0.25) is 4.98 Å². The zero-order valence-electron chi connectivity index (χ0n) is 9.02. The summed E-state index contributed by atoms with van der Waals surface area (Å²) in [6.45, 7) is 2.36. The van der Waals surface area contributed by atoms with Crippen LogP contribution in [0.5, 0.6) is 0 Å². The molecule has 2 aromatic rings. The number of nitrogens with two attached hydrogens (primary N) is 1. The SMILES string of the molecule is NCc1ccc(CNCc2cncs2)cc1. The number of benzene rings is 1. The Labute approximate surface area is 99.3 Å². The molecule has 16 heavy (non-hydrogen) atoms. The molecule has 3 N–H and O–H groups in total. The minimum Gasteiger partial charge on any atom is -0.326 e. The highest BCUT2D eigenvalue weighted by molar-refractivity contribution is 7.09. The minimum atomic E-state index is 0.606. The summed E-state index contributed by atoms with van der Waals surface area (Å²) in [6, 6.07) is 8.37. The molecule has 0 fully saturated rings. The van der Waals surface area contributed by atoms with Crippen molar-refractivity contribution in [2.45, 2.75) is 19.6 Å². The smallest absolute Gasteiger partial charge is 0.0794 e. The molecule has 0 saturated carbocycles. The summed E-state index contributed by atoms with van der Waals surface area (Å²) in [7, 11) is 0. The predicted octanol–water partition coefficient (Wildman–Crippen LogP) is 1.89. The first-order valence-corrected chi connectivity index (χ1v) is 6.12. The second-order valence-corrected chi connectivity index (χ2v) is 4.56. The fourth-order valence-corrected chi connectivity index (χ4v) is 2.02. The molecule has 2 rings (SSSR count). The van der Waals surface area contributed by atoms with E-state index in [0.29, 0.717) is 6.54 Å². The van der Waals surface area contributed by atoms with Crippen molar-refractivity contribution in [3.8, 4) is 0 Å². The topological polar surface area (TPSA) is 50.9 Å². The van der Waals surface area contributed by atoms with Gasteiger partial charge in [-0.05, 0) is 11.1 Å². The number of nitrogens with one attached hydrogen (secondary N) is 1. The molecule has 0 atom stereocenters. The number of rotatable bonds is 5. The molecule has 1 aromatic heterocycles. The maximum Gasteiger partial charge on any atom is 0.0794 e. The van der Waals surface area contributed by atoms with Gasteiger partial charge in [-0.25, -0.2) is 0 Å². The normalized spacial score (nSPS) is 10.6. The van der Waals surface area contributed by atoms with Crippen molar-refractivity contribution >= 4 is 11.3 Å². The Kier molecular flexibility index (Phi) is 4.04. The molecular weight excluding hydrogens is 218 g/mol. The van der Waals surface area contributed by atoms with Gasteiger partial charge in [0.2, 0.25) is 0 Å². The van der Waals surface area contributed by atoms with Crippen LogP contribution in [0.25, 0.3) is 0 Å². The lowest BCUT2D eigenvalue weighted by Crippen LogP contribution is -2.11. The van der Waals surface area contributed by atoms with E-state index in [0.717, 1.165) is 13.1 Å². The van der Waals surface area contributed by atoms with Crippen LogP contribution in [0.4, 0.5) is 0 Å². The summed E-state index contributed by atoms with van der Waals surface area (Å²) >= 11 is 1.67. The van der Waals surface area contributed by atoms with Crippen molar-refractivity contribution in [2.75, 3.05) is 0 Å². The zero-order valence-corrected chi connectivity index (χ0v) is 9.83. The Hall–Kier alpha value is -1.23. The van der Waals surface area contributed by atoms with Gasteiger partial charge in [0.25, 0.3) is 0 Å². The molecule has 3 nitrogen and oxygen atoms in total. The summed E-state index contributed by atoms with van der Waals surface area (Å²) in [5, 5.41) is 3.38. The molecule has 0 aliphatic heterocycles. The van der Waals surface area contributed by atoms with E-state index in [1.165, 1.54) is 16.0 Å². The molecule has 84 valence electrons. The van der Waals surface area contributed by atoms with Gasteiger partial charge in [0.05, 0.1) is 5.51 Å². The number of hydrogen-bond donors (Lipinski definition) is 2. The van der Waals surface area contributed by atoms with Crippen LogP contribution < -0.4 is 11.1 Å². The summed E-state index contributed by atoms with van der Waals surface area (Å²) in [6.07, 6.45) is 1.90. The Bertz CT molecular complexity index is 408. The van der Waals surface area contributed by atoms with E-state index in [4.69, 9.17) is 5.73 Å². The summed E-state index contributed by atoms with van der Waals surface area (Å²) in [5.74, 6) is 0. The molecule has 0 bridgehead atoms. The Morgan fingerprint density at radius 2 is 1.88 bits per heavy atom. The van der Waals surface area contributed by atoms with Crippen LogP contribution in [0.2, 0.25) is 0 Å². The van der Waals surface area contributed by atoms with E-state index >= 15 is 0 Å². The molecule has 0 unspecified atom stereocenters. The van der Waals surface area contributed by atoms with E-state index < -0.39 is 0 Å². The Morgan fingerprint density at radius 1 is 1.12 bits per heavy atom. The molecule has 0 radical (unpaired) electrons. The second kappa shape index (κ2) is 5.75. The van der Waals surface area contributed by atoms with Crippen LogP contribution >= 0.6 is 11.3 Å². The van der Waals surface area contributed by atoms with E-state index in [1.54, 1.807) is 11.3 Å². The monoisotopic (exact) mass is 233 g/mol. The lowest BCUT2D eigenvalue weighted by atomic mass is 10.1. The van der Waals surface area contributed by atoms with Crippen molar-refractivity contribution in [3.63, 3.8) is 0 Å². The molecule has 1 aromatic carbocycles. The summed E-state index contributed by atoms with van der Waals surface area (Å²) in [5.41, 5.74) is 9.85. The van der Waals surface area contributed by atoms with Gasteiger partial charge in [-0.2, -0.15) is 0 Å². The fourth-order valence-electron chi connectivity index (χ4n) is 1.45. The first-order valence-electron chi connectivity index (χ1n) is 5.24. The van der Waals surface area contributed by atoms with Crippen LogP contribution in [0.15, 0.2) is 36.0 Å². The van der Waals surface area contributed by atoms with Crippen LogP contribution in [0.1, 0.15) is 16.0 Å². The van der Waals surface area contributed by atoms with E-state index in [1.807, 2.05) is 11.7 Å². The first kappa shape index (κ1) is 11.3. The lowest BCUT2D eigenvalue weighted by Gasteiger charge is -2.04. The molecule has 0 saturated heterocycles. The van der Waals surface area contributed by atoms with Crippen LogP contribution in [0, 0.1) is 0 Å². The maximum atomic E-state index is 5.54. The molecule has 0 aliphatic carbocycles. The van der Waals surface area contributed by atoms with Crippen molar-refractivity contribution in [1.29, 1.82) is 0 Å². The van der Waals surface area contributed by atoms with Gasteiger partial charge in [-0.15, -0.1) is 11.3 Å². The average molecular weight is 233 g/mol. The molecule has 0 amide bonds. The minimum absolute atomic E-state index is 0.606. The van der Waals surface area contributed by atoms with Crippen molar-refractivity contribution in [2.24, 2.45) is 5.73 Å². The van der Waals surface area contributed by atoms with Crippen LogP contribution in [0.3, 0.4) is 0 Å². The van der Waals surface area contributed by atoms with E-state index in [-0.39, 0.29) is 0 Å². The van der Waals surface area contributed by atoms with Crippen molar-refractivity contribution in [1.82, 2.24) is 10.3 Å². The molecule has 0 aliphatic rings. The first-order chi connectivity index (χ1) is 7.88. The van der Waals surface area contributed by atoms with Gasteiger partial charge >= 0.3 is 0 Å². The van der Waals surface area contributed by atoms with Gasteiger partial charge in [-0.1, -0.05) is 24.3 Å². The third kappa shape index (κ3) is 3.13. The number of hydrogen-bond acceptors (Lipinski definition) is 4. The van der Waals surface area contributed by atoms with Crippen LogP contribution in [-0.4, -0.2) is 4.98 Å². The molecular formula is C12H15N3S. The number of thiazole rings is 1. The third-order valence-electron chi connectivity index (χ3n) is 2.37.